The normalized spacial score (nSPS) is 14.1. The van der Waals surface area contributed by atoms with Gasteiger partial charge in [0.25, 0.3) is 0 Å². The molecule has 0 bridgehead atoms. The number of rotatable bonds is 7. The van der Waals surface area contributed by atoms with E-state index in [0.29, 0.717) is 0 Å². The Hall–Kier alpha value is -3.41. The van der Waals surface area contributed by atoms with Crippen LogP contribution >= 0.6 is 0 Å². The maximum Gasteiger partial charge on any atom is 0.427 e. The molecule has 0 aliphatic rings. The van der Waals surface area contributed by atoms with Crippen molar-refractivity contribution in [3.05, 3.63) is 35.9 Å². The smallest absolute Gasteiger partial charge is 0.427 e. The average molecular weight is 375 g/mol. The summed E-state index contributed by atoms with van der Waals surface area (Å²) in [7, 11) is 2.26. The molecule has 0 aromatic heterocycles. The van der Waals surface area contributed by atoms with Crippen LogP contribution in [-0.2, 0) is 29.2 Å². The van der Waals surface area contributed by atoms with E-state index in [-0.39, 0.29) is 17.9 Å². The minimum Gasteiger partial charge on any atom is -0.468 e. The number of hydrazone groups is 1. The van der Waals surface area contributed by atoms with E-state index in [1.165, 1.54) is 19.1 Å². The van der Waals surface area contributed by atoms with E-state index in [1.807, 2.05) is 6.07 Å². The predicted molar refractivity (Wildman–Crippen MR) is 94.5 cm³/mol. The molecule has 9 heteroatoms. The molecule has 0 spiro atoms. The number of benzene rings is 1. The monoisotopic (exact) mass is 375 g/mol. The van der Waals surface area contributed by atoms with Gasteiger partial charge in [0, 0.05) is 0 Å². The first-order valence-corrected chi connectivity index (χ1v) is 7.98. The zero-order chi connectivity index (χ0) is 20.4. The molecule has 1 N–H and O–H groups in total. The van der Waals surface area contributed by atoms with Crippen LogP contribution in [0.3, 0.4) is 0 Å². The first-order valence-electron chi connectivity index (χ1n) is 7.98. The third-order valence-electron chi connectivity index (χ3n) is 3.80. The summed E-state index contributed by atoms with van der Waals surface area (Å²) >= 11 is 0. The number of amides is 1. The highest BCUT2D eigenvalue weighted by atomic mass is 16.5. The summed E-state index contributed by atoms with van der Waals surface area (Å²) in [6, 6.07) is 9.90. The van der Waals surface area contributed by atoms with Gasteiger partial charge in [-0.3, -0.25) is 4.79 Å². The zero-order valence-electron chi connectivity index (χ0n) is 15.5. The minimum atomic E-state index is -2.06. The van der Waals surface area contributed by atoms with E-state index in [1.54, 1.807) is 25.1 Å². The molecule has 0 aliphatic heterocycles. The summed E-state index contributed by atoms with van der Waals surface area (Å²) in [5.41, 5.74) is 0.202. The van der Waals surface area contributed by atoms with Gasteiger partial charge in [0.2, 0.25) is 0 Å². The molecular formula is C18H21N3O6. The lowest BCUT2D eigenvalue weighted by atomic mass is 9.69. The second-order valence-electron chi connectivity index (χ2n) is 5.32. The van der Waals surface area contributed by atoms with E-state index in [9.17, 15) is 19.6 Å². The van der Waals surface area contributed by atoms with Crippen molar-refractivity contribution in [3.63, 3.8) is 0 Å². The minimum absolute atomic E-state index is 0.000406. The number of hydrogen-bond donors (Lipinski definition) is 1. The second kappa shape index (κ2) is 9.91. The third-order valence-corrected chi connectivity index (χ3v) is 3.80. The Kier molecular flexibility index (Phi) is 7.94. The molecule has 9 nitrogen and oxygen atoms in total. The van der Waals surface area contributed by atoms with E-state index in [2.05, 4.69) is 15.3 Å². The number of nitrogens with one attached hydrogen (secondary N) is 1. The van der Waals surface area contributed by atoms with Crippen LogP contribution in [0.2, 0.25) is 0 Å². The lowest BCUT2D eigenvalue weighted by Gasteiger charge is -2.31. The van der Waals surface area contributed by atoms with E-state index in [4.69, 9.17) is 9.47 Å². The Morgan fingerprint density at radius 1 is 1.22 bits per heavy atom. The van der Waals surface area contributed by atoms with Crippen molar-refractivity contribution in [1.29, 1.82) is 5.26 Å². The molecule has 27 heavy (non-hydrogen) atoms. The number of carbonyl (C=O) groups is 3. The number of hydrogen-bond acceptors (Lipinski definition) is 8. The molecule has 144 valence electrons. The Bertz CT molecular complexity index is 756. The Balaban J connectivity index is 3.65. The summed E-state index contributed by atoms with van der Waals surface area (Å²) in [5.74, 6) is -3.28. The van der Waals surface area contributed by atoms with E-state index in [0.717, 1.165) is 14.2 Å². The fraction of sp³-hybridized carbons (Fsp3) is 0.389. The van der Waals surface area contributed by atoms with Crippen molar-refractivity contribution < 1.29 is 28.6 Å². The van der Waals surface area contributed by atoms with Crippen LogP contribution < -0.4 is 5.43 Å². The summed E-state index contributed by atoms with van der Waals surface area (Å²) in [6.45, 7) is 2.96. The fourth-order valence-corrected chi connectivity index (χ4v) is 2.55. The molecule has 1 aromatic carbocycles. The quantitative estimate of drug-likeness (QED) is 0.331. The highest BCUT2D eigenvalue weighted by molar-refractivity contribution is 6.09. The first kappa shape index (κ1) is 21.6. The van der Waals surface area contributed by atoms with Crippen LogP contribution in [0.5, 0.6) is 0 Å². The molecular weight excluding hydrogens is 354 g/mol. The number of nitrogens with zero attached hydrogens (tertiary/aromatic N) is 2. The van der Waals surface area contributed by atoms with Gasteiger partial charge in [0.05, 0.1) is 32.6 Å². The SMILES string of the molecule is CCOC(=O)C(C#N)(c1ccccc1)C(C(=O)OC)/C(C)=N/NC(=O)OC. The number of carbonyl (C=O) groups excluding carboxylic acids is 3. The Morgan fingerprint density at radius 2 is 1.85 bits per heavy atom. The van der Waals surface area contributed by atoms with Crippen LogP contribution in [0.15, 0.2) is 35.4 Å². The largest absolute Gasteiger partial charge is 0.468 e. The lowest BCUT2D eigenvalue weighted by molar-refractivity contribution is -0.156. The summed E-state index contributed by atoms with van der Waals surface area (Å²) < 4.78 is 14.3. The van der Waals surface area contributed by atoms with Gasteiger partial charge in [-0.1, -0.05) is 30.3 Å². The summed E-state index contributed by atoms with van der Waals surface area (Å²) in [6.07, 6.45) is -0.878. The fourth-order valence-electron chi connectivity index (χ4n) is 2.55. The number of nitriles is 1. The van der Waals surface area contributed by atoms with Crippen LogP contribution in [0.4, 0.5) is 4.79 Å². The molecule has 0 aliphatic carbocycles. The van der Waals surface area contributed by atoms with Crippen LogP contribution in [-0.4, -0.2) is 44.6 Å². The molecule has 0 saturated heterocycles. The van der Waals surface area contributed by atoms with Crippen molar-refractivity contribution in [1.82, 2.24) is 5.43 Å². The van der Waals surface area contributed by atoms with Gasteiger partial charge in [-0.15, -0.1) is 0 Å². The highest BCUT2D eigenvalue weighted by Crippen LogP contribution is 2.35. The van der Waals surface area contributed by atoms with Crippen molar-refractivity contribution in [3.8, 4) is 6.07 Å². The maximum absolute atomic E-state index is 12.8. The maximum atomic E-state index is 12.8. The van der Waals surface area contributed by atoms with Crippen LogP contribution in [0.1, 0.15) is 19.4 Å². The molecule has 2 unspecified atom stereocenters. The standard InChI is InChI=1S/C18H21N3O6/c1-5-27-16(23)18(11-19,13-9-7-6-8-10-13)14(15(22)25-3)12(2)20-21-17(24)26-4/h6-10,14H,5H2,1-4H3,(H,21,24)/b20-12+. The Morgan fingerprint density at radius 3 is 2.33 bits per heavy atom. The van der Waals surface area contributed by atoms with Crippen LogP contribution in [0.25, 0.3) is 0 Å². The zero-order valence-corrected chi connectivity index (χ0v) is 15.5. The van der Waals surface area contributed by atoms with Crippen molar-refractivity contribution in [2.24, 2.45) is 11.0 Å². The highest BCUT2D eigenvalue weighted by Gasteiger charge is 2.55. The van der Waals surface area contributed by atoms with Gasteiger partial charge >= 0.3 is 18.0 Å². The molecule has 2 atom stereocenters. The molecule has 1 amide bonds. The van der Waals surface area contributed by atoms with Gasteiger partial charge in [-0.05, 0) is 19.4 Å². The summed E-state index contributed by atoms with van der Waals surface area (Å²) in [5, 5.41) is 13.8. The first-order chi connectivity index (χ1) is 12.9. The summed E-state index contributed by atoms with van der Waals surface area (Å²) in [4.78, 5) is 36.7. The third kappa shape index (κ3) is 4.61. The van der Waals surface area contributed by atoms with Gasteiger partial charge in [0.15, 0.2) is 5.41 Å². The van der Waals surface area contributed by atoms with Gasteiger partial charge in [0.1, 0.15) is 5.92 Å². The number of ether oxygens (including phenoxy) is 3. The van der Waals surface area contributed by atoms with Gasteiger partial charge in [-0.25, -0.2) is 15.0 Å². The van der Waals surface area contributed by atoms with Gasteiger partial charge in [-0.2, -0.15) is 10.4 Å². The molecule has 0 fully saturated rings. The van der Waals surface area contributed by atoms with Crippen molar-refractivity contribution in [2.45, 2.75) is 19.3 Å². The average Bonchev–Trinajstić information content (AvgIpc) is 2.70. The van der Waals surface area contributed by atoms with Crippen LogP contribution in [0, 0.1) is 17.2 Å². The topological polar surface area (TPSA) is 127 Å². The number of esters is 2. The molecule has 1 aromatic rings. The second-order valence-corrected chi connectivity index (χ2v) is 5.32. The van der Waals surface area contributed by atoms with Crippen molar-refractivity contribution >= 4 is 23.7 Å². The molecule has 0 saturated carbocycles. The van der Waals surface area contributed by atoms with E-state index >= 15 is 0 Å². The molecule has 0 heterocycles. The van der Waals surface area contributed by atoms with E-state index < -0.39 is 29.4 Å². The molecule has 1 rings (SSSR count). The van der Waals surface area contributed by atoms with Crippen molar-refractivity contribution in [2.75, 3.05) is 20.8 Å². The predicted octanol–water partition coefficient (Wildman–Crippen LogP) is 1.53. The number of methoxy groups -OCH3 is 2. The Labute approximate surface area is 156 Å². The molecule has 0 radical (unpaired) electrons. The van der Waals surface area contributed by atoms with Gasteiger partial charge < -0.3 is 14.2 Å². The lowest BCUT2D eigenvalue weighted by Crippen LogP contribution is -2.50.